The van der Waals surface area contributed by atoms with Gasteiger partial charge in [-0.15, -0.1) is 11.3 Å². The standard InChI is InChI=1S/C20H26N6OS/c1-20(2,16-6-5-11-28-16)13-23-19(21-3)22-12-17-24-18(26-25-17)14-7-9-15(27-4)10-8-14/h5-11H,12-13H2,1-4H3,(H2,21,22,23)(H,24,25,26). The van der Waals surface area contributed by atoms with Gasteiger partial charge in [-0.2, -0.15) is 5.10 Å². The van der Waals surface area contributed by atoms with Gasteiger partial charge in [-0.05, 0) is 35.7 Å². The molecule has 0 aliphatic carbocycles. The number of H-pyrrole nitrogens is 1. The summed E-state index contributed by atoms with van der Waals surface area (Å²) in [7, 11) is 3.41. The predicted molar refractivity (Wildman–Crippen MR) is 114 cm³/mol. The Bertz CT molecular complexity index is 899. The molecule has 7 nitrogen and oxygen atoms in total. The van der Waals surface area contributed by atoms with Crippen molar-refractivity contribution in [2.24, 2.45) is 4.99 Å². The predicted octanol–water partition coefficient (Wildman–Crippen LogP) is 3.18. The first-order chi connectivity index (χ1) is 13.5. The van der Waals surface area contributed by atoms with Crippen molar-refractivity contribution in [1.82, 2.24) is 25.8 Å². The van der Waals surface area contributed by atoms with E-state index in [-0.39, 0.29) is 5.41 Å². The summed E-state index contributed by atoms with van der Waals surface area (Å²) in [6.45, 7) is 5.72. The van der Waals surface area contributed by atoms with Crippen molar-refractivity contribution in [3.05, 3.63) is 52.5 Å². The lowest BCUT2D eigenvalue weighted by Gasteiger charge is -2.24. The first kappa shape index (κ1) is 19.9. The van der Waals surface area contributed by atoms with Crippen molar-refractivity contribution >= 4 is 17.3 Å². The highest BCUT2D eigenvalue weighted by molar-refractivity contribution is 7.10. The van der Waals surface area contributed by atoms with Crippen LogP contribution in [0.3, 0.4) is 0 Å². The van der Waals surface area contributed by atoms with Crippen molar-refractivity contribution in [2.45, 2.75) is 25.8 Å². The normalized spacial score (nSPS) is 12.1. The smallest absolute Gasteiger partial charge is 0.191 e. The molecule has 0 aliphatic rings. The molecule has 0 radical (unpaired) electrons. The molecule has 0 unspecified atom stereocenters. The number of nitrogens with zero attached hydrogens (tertiary/aromatic N) is 3. The van der Waals surface area contributed by atoms with Gasteiger partial charge in [0.05, 0.1) is 13.7 Å². The summed E-state index contributed by atoms with van der Waals surface area (Å²) >= 11 is 1.77. The zero-order valence-electron chi connectivity index (χ0n) is 16.6. The molecule has 28 heavy (non-hydrogen) atoms. The van der Waals surface area contributed by atoms with Crippen LogP contribution in [0.4, 0.5) is 0 Å². The third kappa shape index (κ3) is 4.89. The van der Waals surface area contributed by atoms with Crippen molar-refractivity contribution in [3.8, 4) is 17.1 Å². The molecule has 0 amide bonds. The van der Waals surface area contributed by atoms with Crippen LogP contribution >= 0.6 is 11.3 Å². The first-order valence-electron chi connectivity index (χ1n) is 9.06. The van der Waals surface area contributed by atoms with E-state index < -0.39 is 0 Å². The van der Waals surface area contributed by atoms with E-state index >= 15 is 0 Å². The summed E-state index contributed by atoms with van der Waals surface area (Å²) < 4.78 is 5.18. The largest absolute Gasteiger partial charge is 0.497 e. The maximum Gasteiger partial charge on any atom is 0.191 e. The summed E-state index contributed by atoms with van der Waals surface area (Å²) in [6.07, 6.45) is 0. The molecule has 3 rings (SSSR count). The molecule has 148 valence electrons. The molecular formula is C20H26N6OS. The van der Waals surface area contributed by atoms with Gasteiger partial charge in [0.25, 0.3) is 0 Å². The van der Waals surface area contributed by atoms with Crippen LogP contribution in [-0.2, 0) is 12.0 Å². The van der Waals surface area contributed by atoms with Crippen LogP contribution in [0.15, 0.2) is 46.8 Å². The number of rotatable bonds is 7. The van der Waals surface area contributed by atoms with E-state index in [0.717, 1.165) is 29.6 Å². The Hall–Kier alpha value is -2.87. The molecule has 0 atom stereocenters. The maximum atomic E-state index is 5.18. The number of nitrogens with one attached hydrogen (secondary N) is 3. The zero-order chi connectivity index (χ0) is 20.0. The molecule has 2 heterocycles. The number of thiophene rings is 1. The second-order valence-electron chi connectivity index (χ2n) is 6.97. The average Bonchev–Trinajstić information content (AvgIpc) is 3.41. The minimum absolute atomic E-state index is 0.0273. The van der Waals surface area contributed by atoms with Crippen molar-refractivity contribution in [3.63, 3.8) is 0 Å². The van der Waals surface area contributed by atoms with Crippen LogP contribution < -0.4 is 15.4 Å². The Morgan fingerprint density at radius 3 is 2.64 bits per heavy atom. The Balaban J connectivity index is 1.54. The second kappa shape index (κ2) is 8.88. The summed E-state index contributed by atoms with van der Waals surface area (Å²) in [5, 5.41) is 16.0. The average molecular weight is 399 g/mol. The van der Waals surface area contributed by atoms with E-state index in [1.165, 1.54) is 4.88 Å². The Morgan fingerprint density at radius 1 is 1.21 bits per heavy atom. The second-order valence-corrected chi connectivity index (χ2v) is 7.92. The van der Waals surface area contributed by atoms with Crippen LogP contribution in [0.2, 0.25) is 0 Å². The van der Waals surface area contributed by atoms with E-state index in [9.17, 15) is 0 Å². The number of hydrogen-bond donors (Lipinski definition) is 3. The van der Waals surface area contributed by atoms with E-state index in [1.54, 1.807) is 25.5 Å². The van der Waals surface area contributed by atoms with Gasteiger partial charge in [-0.1, -0.05) is 19.9 Å². The van der Waals surface area contributed by atoms with E-state index in [0.29, 0.717) is 12.4 Å². The topological polar surface area (TPSA) is 87.2 Å². The van der Waals surface area contributed by atoms with Crippen LogP contribution in [0.5, 0.6) is 5.75 Å². The summed E-state index contributed by atoms with van der Waals surface area (Å²) in [6, 6.07) is 11.9. The minimum atomic E-state index is 0.0273. The van der Waals surface area contributed by atoms with Gasteiger partial charge in [0.2, 0.25) is 0 Å². The first-order valence-corrected chi connectivity index (χ1v) is 9.94. The molecule has 0 bridgehead atoms. The van der Waals surface area contributed by atoms with Gasteiger partial charge in [0.15, 0.2) is 11.8 Å². The van der Waals surface area contributed by atoms with Gasteiger partial charge in [0.1, 0.15) is 11.6 Å². The lowest BCUT2D eigenvalue weighted by molar-refractivity contribution is 0.415. The van der Waals surface area contributed by atoms with Crippen LogP contribution in [0, 0.1) is 0 Å². The minimum Gasteiger partial charge on any atom is -0.497 e. The fourth-order valence-electron chi connectivity index (χ4n) is 2.69. The molecule has 8 heteroatoms. The molecule has 0 fully saturated rings. The number of aromatic nitrogens is 3. The van der Waals surface area contributed by atoms with E-state index in [2.05, 4.69) is 62.2 Å². The number of aromatic amines is 1. The molecular weight excluding hydrogens is 372 g/mol. The van der Waals surface area contributed by atoms with Crippen LogP contribution in [-0.4, -0.2) is 41.8 Å². The van der Waals surface area contributed by atoms with Gasteiger partial charge >= 0.3 is 0 Å². The highest BCUT2D eigenvalue weighted by Gasteiger charge is 2.22. The SMILES string of the molecule is CN=C(NCc1nc(-c2ccc(OC)cc2)n[nH]1)NCC(C)(C)c1cccs1. The molecule has 0 aliphatic heterocycles. The van der Waals surface area contributed by atoms with E-state index in [4.69, 9.17) is 4.74 Å². The summed E-state index contributed by atoms with van der Waals surface area (Å²) in [4.78, 5) is 10.2. The molecule has 3 aromatic rings. The number of benzene rings is 1. The molecule has 3 N–H and O–H groups in total. The maximum absolute atomic E-state index is 5.18. The van der Waals surface area contributed by atoms with Gasteiger partial charge in [-0.25, -0.2) is 4.98 Å². The number of hydrogen-bond acceptors (Lipinski definition) is 5. The number of aliphatic imine (C=N–C) groups is 1. The van der Waals surface area contributed by atoms with Crippen LogP contribution in [0.1, 0.15) is 24.5 Å². The Kier molecular flexibility index (Phi) is 6.30. The fourth-order valence-corrected chi connectivity index (χ4v) is 3.54. The Morgan fingerprint density at radius 2 is 2.00 bits per heavy atom. The third-order valence-electron chi connectivity index (χ3n) is 4.41. The van der Waals surface area contributed by atoms with Crippen LogP contribution in [0.25, 0.3) is 11.4 Å². The van der Waals surface area contributed by atoms with Crippen molar-refractivity contribution < 1.29 is 4.74 Å². The third-order valence-corrected chi connectivity index (χ3v) is 5.65. The Labute approximate surface area is 169 Å². The van der Waals surface area contributed by atoms with Crippen molar-refractivity contribution in [1.29, 1.82) is 0 Å². The number of methoxy groups -OCH3 is 1. The molecule has 1 aromatic carbocycles. The molecule has 0 saturated carbocycles. The lowest BCUT2D eigenvalue weighted by Crippen LogP contribution is -2.43. The van der Waals surface area contributed by atoms with E-state index in [1.807, 2.05) is 24.3 Å². The van der Waals surface area contributed by atoms with Gasteiger partial charge < -0.3 is 15.4 Å². The van der Waals surface area contributed by atoms with Crippen molar-refractivity contribution in [2.75, 3.05) is 20.7 Å². The zero-order valence-corrected chi connectivity index (χ0v) is 17.4. The lowest BCUT2D eigenvalue weighted by atomic mass is 9.91. The molecule has 0 spiro atoms. The quantitative estimate of drug-likeness (QED) is 0.420. The summed E-state index contributed by atoms with van der Waals surface area (Å²) in [5.74, 6) is 2.93. The monoisotopic (exact) mass is 398 g/mol. The molecule has 0 saturated heterocycles. The van der Waals surface area contributed by atoms with Gasteiger partial charge in [0, 0.05) is 29.4 Å². The highest BCUT2D eigenvalue weighted by Crippen LogP contribution is 2.26. The number of guanidine groups is 1. The molecule has 2 aromatic heterocycles. The fraction of sp³-hybridized carbons (Fsp3) is 0.350. The summed E-state index contributed by atoms with van der Waals surface area (Å²) in [5.41, 5.74) is 0.961. The van der Waals surface area contributed by atoms with Gasteiger partial charge in [-0.3, -0.25) is 10.1 Å². The highest BCUT2D eigenvalue weighted by atomic mass is 32.1. The number of ether oxygens (including phenoxy) is 1.